The van der Waals surface area contributed by atoms with Crippen LogP contribution in [-0.2, 0) is 16.1 Å². The Balaban J connectivity index is 1.45. The Morgan fingerprint density at radius 1 is 1.22 bits per heavy atom. The molecule has 0 bridgehead atoms. The van der Waals surface area contributed by atoms with E-state index in [1.165, 1.54) is 18.3 Å². The van der Waals surface area contributed by atoms with Crippen molar-refractivity contribution < 1.29 is 9.59 Å². The first-order valence-corrected chi connectivity index (χ1v) is 9.85. The van der Waals surface area contributed by atoms with Crippen molar-refractivity contribution in [3.05, 3.63) is 29.5 Å². The number of carbonyl (C=O) groups is 2. The molecule has 0 spiro atoms. The molecule has 27 heavy (non-hydrogen) atoms. The third-order valence-corrected chi connectivity index (χ3v) is 5.66. The Morgan fingerprint density at radius 2 is 1.96 bits per heavy atom. The Morgan fingerprint density at radius 3 is 2.70 bits per heavy atom. The summed E-state index contributed by atoms with van der Waals surface area (Å²) < 4.78 is 0. The van der Waals surface area contributed by atoms with Crippen molar-refractivity contribution >= 4 is 23.2 Å². The first kappa shape index (κ1) is 19.4. The molecule has 2 aromatic heterocycles. The number of hydrogen-bond donors (Lipinski definition) is 2. The third kappa shape index (κ3) is 5.30. The molecule has 1 fully saturated rings. The van der Waals surface area contributed by atoms with Gasteiger partial charge in [0.05, 0.1) is 12.2 Å². The van der Waals surface area contributed by atoms with E-state index >= 15 is 0 Å². The largest absolute Gasteiger partial charge is 0.355 e. The fourth-order valence-electron chi connectivity index (χ4n) is 3.22. The van der Waals surface area contributed by atoms with Crippen molar-refractivity contribution in [3.8, 4) is 10.8 Å². The molecule has 1 aliphatic rings. The van der Waals surface area contributed by atoms with Crippen LogP contribution < -0.4 is 10.6 Å². The summed E-state index contributed by atoms with van der Waals surface area (Å²) in [5.74, 6) is 0.587. The first-order chi connectivity index (χ1) is 13.0. The zero-order valence-corrected chi connectivity index (χ0v) is 16.3. The van der Waals surface area contributed by atoms with Crippen LogP contribution in [0.4, 0.5) is 0 Å². The summed E-state index contributed by atoms with van der Waals surface area (Å²) in [5, 5.41) is 8.46. The van der Waals surface area contributed by atoms with Gasteiger partial charge in [0.2, 0.25) is 11.8 Å². The normalized spacial score (nSPS) is 19.8. The van der Waals surface area contributed by atoms with E-state index in [0.29, 0.717) is 31.4 Å². The number of likely N-dealkylation sites (tertiary alicyclic amines) is 1. The zero-order valence-electron chi connectivity index (χ0n) is 15.5. The number of carbonyl (C=O) groups excluding carboxylic acids is 2. The number of likely N-dealkylation sites (N-methyl/N-ethyl adjacent to an activating group) is 1. The fraction of sp³-hybridized carbons (Fsp3) is 0.500. The van der Waals surface area contributed by atoms with Crippen LogP contribution in [-0.4, -0.2) is 57.3 Å². The number of thiazole rings is 1. The van der Waals surface area contributed by atoms with E-state index in [1.54, 1.807) is 18.5 Å². The maximum atomic E-state index is 12.3. The highest BCUT2D eigenvalue weighted by atomic mass is 32.1. The molecule has 3 rings (SSSR count). The summed E-state index contributed by atoms with van der Waals surface area (Å²) in [4.78, 5) is 38.4. The van der Waals surface area contributed by atoms with Gasteiger partial charge in [-0.05, 0) is 26.0 Å². The van der Waals surface area contributed by atoms with Crippen molar-refractivity contribution in [3.63, 3.8) is 0 Å². The van der Waals surface area contributed by atoms with E-state index in [0.717, 1.165) is 23.5 Å². The highest BCUT2D eigenvalue weighted by Crippen LogP contribution is 2.24. The number of hydrogen-bond acceptors (Lipinski definition) is 7. The van der Waals surface area contributed by atoms with Crippen molar-refractivity contribution in [1.82, 2.24) is 30.5 Å². The highest BCUT2D eigenvalue weighted by molar-refractivity contribution is 7.13. The Kier molecular flexibility index (Phi) is 6.46. The Bertz CT molecular complexity index is 781. The van der Waals surface area contributed by atoms with Crippen LogP contribution >= 0.6 is 11.3 Å². The molecule has 2 aromatic rings. The van der Waals surface area contributed by atoms with Gasteiger partial charge in [0.15, 0.2) is 10.8 Å². The van der Waals surface area contributed by atoms with Gasteiger partial charge in [0, 0.05) is 49.7 Å². The van der Waals surface area contributed by atoms with Crippen molar-refractivity contribution in [2.24, 2.45) is 0 Å². The van der Waals surface area contributed by atoms with Crippen molar-refractivity contribution in [2.45, 2.75) is 44.8 Å². The van der Waals surface area contributed by atoms with Crippen LogP contribution in [0.15, 0.2) is 23.8 Å². The van der Waals surface area contributed by atoms with Crippen molar-refractivity contribution in [1.29, 1.82) is 0 Å². The average molecular weight is 388 g/mol. The molecule has 0 unspecified atom stereocenters. The van der Waals surface area contributed by atoms with Crippen LogP contribution in [0.5, 0.6) is 0 Å². The number of nitrogens with zero attached hydrogens (tertiary/aromatic N) is 4. The molecule has 0 aromatic carbocycles. The fourth-order valence-corrected chi connectivity index (χ4v) is 3.98. The molecule has 2 N–H and O–H groups in total. The average Bonchev–Trinajstić information content (AvgIpc) is 3.27. The lowest BCUT2D eigenvalue weighted by Crippen LogP contribution is -2.41. The molecule has 0 saturated carbocycles. The van der Waals surface area contributed by atoms with Gasteiger partial charge in [-0.3, -0.25) is 14.5 Å². The topological polar surface area (TPSA) is 100 Å². The lowest BCUT2D eigenvalue weighted by atomic mass is 10.1. The molecule has 2 amide bonds. The molecule has 1 aliphatic heterocycles. The van der Waals surface area contributed by atoms with Crippen LogP contribution in [0.25, 0.3) is 10.8 Å². The number of nitrogens with one attached hydrogen (secondary N) is 2. The monoisotopic (exact) mass is 388 g/mol. The van der Waals surface area contributed by atoms with Gasteiger partial charge in [-0.25, -0.2) is 15.0 Å². The van der Waals surface area contributed by atoms with Gasteiger partial charge >= 0.3 is 0 Å². The highest BCUT2D eigenvalue weighted by Gasteiger charge is 2.31. The van der Waals surface area contributed by atoms with Gasteiger partial charge in [-0.2, -0.15) is 0 Å². The number of rotatable bonds is 7. The van der Waals surface area contributed by atoms with E-state index in [2.05, 4.69) is 30.5 Å². The molecular formula is C18H24N6O2S. The summed E-state index contributed by atoms with van der Waals surface area (Å²) in [6.07, 6.45) is 5.76. The summed E-state index contributed by atoms with van der Waals surface area (Å²) in [6.45, 7) is 2.55. The minimum Gasteiger partial charge on any atom is -0.355 e. The van der Waals surface area contributed by atoms with Gasteiger partial charge < -0.3 is 10.6 Å². The second kappa shape index (κ2) is 9.01. The molecule has 3 heterocycles. The van der Waals surface area contributed by atoms with Crippen LogP contribution in [0, 0.1) is 0 Å². The minimum absolute atomic E-state index is 0.0116. The second-order valence-electron chi connectivity index (χ2n) is 6.68. The summed E-state index contributed by atoms with van der Waals surface area (Å²) >= 11 is 1.47. The lowest BCUT2D eigenvalue weighted by molar-refractivity contribution is -0.122. The molecule has 0 radical (unpaired) electrons. The smallest absolute Gasteiger partial charge is 0.221 e. The van der Waals surface area contributed by atoms with Gasteiger partial charge in [0.25, 0.3) is 0 Å². The molecule has 8 nitrogen and oxygen atoms in total. The quantitative estimate of drug-likeness (QED) is 0.739. The molecule has 2 atom stereocenters. The maximum Gasteiger partial charge on any atom is 0.221 e. The minimum atomic E-state index is -0.0203. The summed E-state index contributed by atoms with van der Waals surface area (Å²) in [6, 6.07) is 2.25. The van der Waals surface area contributed by atoms with Gasteiger partial charge in [-0.15, -0.1) is 11.3 Å². The standard InChI is InChI=1S/C18H24N6O2S/c1-12(25)21-10-15-5-4-14(24(15)2)8-16(26)22-9-13-11-27-18(23-13)17-19-6-3-7-20-17/h3,6-7,11,14-15H,4-5,8-10H2,1-2H3,(H,21,25)(H,22,26)/t14-,15+/m0/s1. The Hall–Kier alpha value is -2.39. The molecule has 1 saturated heterocycles. The van der Waals surface area contributed by atoms with E-state index < -0.39 is 0 Å². The van der Waals surface area contributed by atoms with Gasteiger partial charge in [-0.1, -0.05) is 0 Å². The van der Waals surface area contributed by atoms with E-state index in [4.69, 9.17) is 0 Å². The number of amides is 2. The molecule has 144 valence electrons. The number of aromatic nitrogens is 3. The molecule has 0 aliphatic carbocycles. The maximum absolute atomic E-state index is 12.3. The van der Waals surface area contributed by atoms with Crippen LogP contribution in [0.1, 0.15) is 31.9 Å². The predicted octanol–water partition coefficient (Wildman–Crippen LogP) is 1.21. The second-order valence-corrected chi connectivity index (χ2v) is 7.54. The predicted molar refractivity (Wildman–Crippen MR) is 103 cm³/mol. The summed E-state index contributed by atoms with van der Waals surface area (Å²) in [7, 11) is 2.02. The zero-order chi connectivity index (χ0) is 19.2. The van der Waals surface area contributed by atoms with Crippen molar-refractivity contribution in [2.75, 3.05) is 13.6 Å². The SMILES string of the molecule is CC(=O)NC[C@H]1CC[C@@H](CC(=O)NCc2csc(-c3ncccn3)n2)N1C. The molecular weight excluding hydrogens is 364 g/mol. The van der Waals surface area contributed by atoms with Crippen LogP contribution in [0.3, 0.4) is 0 Å². The third-order valence-electron chi connectivity index (χ3n) is 4.77. The van der Waals surface area contributed by atoms with E-state index in [9.17, 15) is 9.59 Å². The van der Waals surface area contributed by atoms with Crippen LogP contribution in [0.2, 0.25) is 0 Å². The van der Waals surface area contributed by atoms with E-state index in [-0.39, 0.29) is 17.9 Å². The first-order valence-electron chi connectivity index (χ1n) is 8.98. The van der Waals surface area contributed by atoms with Gasteiger partial charge in [0.1, 0.15) is 0 Å². The molecule has 9 heteroatoms. The Labute approximate surface area is 162 Å². The summed E-state index contributed by atoms with van der Waals surface area (Å²) in [5.41, 5.74) is 0.805. The van der Waals surface area contributed by atoms with E-state index in [1.807, 2.05) is 12.4 Å². The lowest BCUT2D eigenvalue weighted by Gasteiger charge is -2.25.